The summed E-state index contributed by atoms with van der Waals surface area (Å²) in [7, 11) is 0. The smallest absolute Gasteiger partial charge is 0.293 e. The van der Waals surface area contributed by atoms with Gasteiger partial charge in [0.2, 0.25) is 0 Å². The van der Waals surface area contributed by atoms with Crippen LogP contribution in [0.15, 0.2) is 28.4 Å². The summed E-state index contributed by atoms with van der Waals surface area (Å²) < 4.78 is 16.9. The van der Waals surface area contributed by atoms with Gasteiger partial charge in [-0.05, 0) is 30.7 Å². The van der Waals surface area contributed by atoms with Crippen molar-refractivity contribution in [3.8, 4) is 5.75 Å². The lowest BCUT2D eigenvalue weighted by molar-refractivity contribution is -0.132. The van der Waals surface area contributed by atoms with E-state index in [1.807, 2.05) is 6.07 Å². The standard InChI is InChI=1S/C24H29N5O5S/c30-12-18-22(28-6-2-24(3-7-28)4-8-32-14-24)26-10-20(27-18)35-19-1-5-25-23-21(19)33-13-16-9-17(34-15-31)11-29(16)23/h1,5,10,15-17,30H,2-4,6-9,11-14H2. The van der Waals surface area contributed by atoms with Gasteiger partial charge in [0.25, 0.3) is 6.47 Å². The highest BCUT2D eigenvalue weighted by Gasteiger charge is 2.40. The Hall–Kier alpha value is -2.63. The van der Waals surface area contributed by atoms with E-state index in [1.165, 1.54) is 11.8 Å². The Morgan fingerprint density at radius 1 is 1.26 bits per heavy atom. The maximum atomic E-state index is 10.8. The number of pyridine rings is 1. The van der Waals surface area contributed by atoms with Crippen molar-refractivity contribution in [2.24, 2.45) is 5.41 Å². The van der Waals surface area contributed by atoms with Gasteiger partial charge in [-0.2, -0.15) is 0 Å². The maximum absolute atomic E-state index is 10.8. The molecule has 186 valence electrons. The summed E-state index contributed by atoms with van der Waals surface area (Å²) >= 11 is 1.45. The van der Waals surface area contributed by atoms with Crippen LogP contribution in [0.3, 0.4) is 0 Å². The Labute approximate surface area is 208 Å². The van der Waals surface area contributed by atoms with E-state index < -0.39 is 0 Å². The zero-order chi connectivity index (χ0) is 23.8. The zero-order valence-corrected chi connectivity index (χ0v) is 20.3. The van der Waals surface area contributed by atoms with E-state index >= 15 is 0 Å². The lowest BCUT2D eigenvalue weighted by atomic mass is 9.78. The summed E-state index contributed by atoms with van der Waals surface area (Å²) in [6.45, 7) is 4.98. The van der Waals surface area contributed by atoms with Crippen LogP contribution in [-0.4, -0.2) is 78.1 Å². The molecular formula is C24H29N5O5S. The third-order valence-electron chi connectivity index (χ3n) is 7.64. The van der Waals surface area contributed by atoms with Gasteiger partial charge in [-0.1, -0.05) is 11.8 Å². The van der Waals surface area contributed by atoms with Crippen LogP contribution in [0, 0.1) is 5.41 Å². The Morgan fingerprint density at radius 2 is 2.14 bits per heavy atom. The van der Waals surface area contributed by atoms with Crippen LogP contribution in [0.4, 0.5) is 11.6 Å². The molecule has 3 fully saturated rings. The lowest BCUT2D eigenvalue weighted by Gasteiger charge is -2.39. The number of carbonyl (C=O) groups is 1. The minimum Gasteiger partial charge on any atom is -0.486 e. The Morgan fingerprint density at radius 3 is 2.91 bits per heavy atom. The molecule has 1 N–H and O–H groups in total. The average Bonchev–Trinajstić information content (AvgIpc) is 3.52. The van der Waals surface area contributed by atoms with Crippen LogP contribution in [-0.2, 0) is 20.9 Å². The van der Waals surface area contributed by atoms with Crippen LogP contribution in [0.2, 0.25) is 0 Å². The number of nitrogens with zero attached hydrogens (tertiary/aromatic N) is 5. The molecule has 1 spiro atoms. The quantitative estimate of drug-likeness (QED) is 0.590. The number of anilines is 2. The highest BCUT2D eigenvalue weighted by atomic mass is 32.2. The van der Waals surface area contributed by atoms with Crippen molar-refractivity contribution >= 4 is 29.9 Å². The molecule has 2 aromatic rings. The first-order chi connectivity index (χ1) is 17.2. The molecule has 0 amide bonds. The Kier molecular flexibility index (Phi) is 6.15. The fourth-order valence-electron chi connectivity index (χ4n) is 5.66. The van der Waals surface area contributed by atoms with Crippen LogP contribution in [0.5, 0.6) is 5.75 Å². The molecule has 0 saturated carbocycles. The van der Waals surface area contributed by atoms with Gasteiger partial charge in [0, 0.05) is 32.3 Å². The van der Waals surface area contributed by atoms with Gasteiger partial charge < -0.3 is 29.1 Å². The van der Waals surface area contributed by atoms with Crippen molar-refractivity contribution in [3.63, 3.8) is 0 Å². The molecule has 2 atom stereocenters. The van der Waals surface area contributed by atoms with Gasteiger partial charge in [0.15, 0.2) is 17.4 Å². The third-order valence-corrected chi connectivity index (χ3v) is 8.59. The van der Waals surface area contributed by atoms with Gasteiger partial charge in [0.1, 0.15) is 23.4 Å². The summed E-state index contributed by atoms with van der Waals surface area (Å²) in [4.78, 5) is 30.1. The molecule has 11 heteroatoms. The first-order valence-electron chi connectivity index (χ1n) is 12.1. The van der Waals surface area contributed by atoms with Crippen molar-refractivity contribution < 1.29 is 24.1 Å². The summed E-state index contributed by atoms with van der Waals surface area (Å²) in [5.74, 6) is 2.23. The number of aliphatic hydroxyl groups excluding tert-OH is 1. The summed E-state index contributed by atoms with van der Waals surface area (Å²) in [6.07, 6.45) is 7.39. The highest BCUT2D eigenvalue weighted by molar-refractivity contribution is 7.99. The molecule has 6 heterocycles. The molecule has 10 nitrogen and oxygen atoms in total. The Balaban J connectivity index is 1.19. The molecule has 0 aliphatic carbocycles. The van der Waals surface area contributed by atoms with E-state index in [2.05, 4.69) is 14.8 Å². The molecule has 6 rings (SSSR count). The largest absolute Gasteiger partial charge is 0.486 e. The maximum Gasteiger partial charge on any atom is 0.293 e. The zero-order valence-electron chi connectivity index (χ0n) is 19.5. The first kappa shape index (κ1) is 22.8. The second-order valence-electron chi connectivity index (χ2n) is 9.70. The number of ether oxygens (including phenoxy) is 3. The lowest BCUT2D eigenvalue weighted by Crippen LogP contribution is -2.41. The van der Waals surface area contributed by atoms with Gasteiger partial charge in [0.05, 0.1) is 36.9 Å². The van der Waals surface area contributed by atoms with Gasteiger partial charge >= 0.3 is 0 Å². The van der Waals surface area contributed by atoms with E-state index in [4.69, 9.17) is 24.2 Å². The highest BCUT2D eigenvalue weighted by Crippen LogP contribution is 2.45. The predicted molar refractivity (Wildman–Crippen MR) is 128 cm³/mol. The second kappa shape index (κ2) is 9.44. The topological polar surface area (TPSA) is 110 Å². The number of piperidine rings is 1. The van der Waals surface area contributed by atoms with E-state index in [0.29, 0.717) is 41.5 Å². The van der Waals surface area contributed by atoms with Crippen molar-refractivity contribution in [1.29, 1.82) is 0 Å². The monoisotopic (exact) mass is 499 g/mol. The van der Waals surface area contributed by atoms with Crippen molar-refractivity contribution in [1.82, 2.24) is 15.0 Å². The summed E-state index contributed by atoms with van der Waals surface area (Å²) in [5, 5.41) is 10.8. The summed E-state index contributed by atoms with van der Waals surface area (Å²) in [5.41, 5.74) is 0.902. The average molecular weight is 500 g/mol. The van der Waals surface area contributed by atoms with Crippen LogP contribution in [0.25, 0.3) is 0 Å². The number of aromatic nitrogens is 3. The fourth-order valence-corrected chi connectivity index (χ4v) is 6.52. The van der Waals surface area contributed by atoms with Crippen LogP contribution >= 0.6 is 11.8 Å². The molecule has 2 unspecified atom stereocenters. The van der Waals surface area contributed by atoms with Crippen molar-refractivity contribution in [2.75, 3.05) is 49.3 Å². The molecule has 0 radical (unpaired) electrons. The number of hydrogen-bond acceptors (Lipinski definition) is 11. The molecule has 2 aromatic heterocycles. The van der Waals surface area contributed by atoms with Gasteiger partial charge in [-0.15, -0.1) is 0 Å². The van der Waals surface area contributed by atoms with E-state index in [-0.39, 0.29) is 18.8 Å². The van der Waals surface area contributed by atoms with Crippen LogP contribution < -0.4 is 14.5 Å². The number of aliphatic hydroxyl groups is 1. The van der Waals surface area contributed by atoms with Crippen LogP contribution in [0.1, 0.15) is 31.4 Å². The molecule has 4 aliphatic rings. The van der Waals surface area contributed by atoms with E-state index in [0.717, 1.165) is 68.5 Å². The summed E-state index contributed by atoms with van der Waals surface area (Å²) in [6, 6.07) is 2.04. The molecule has 3 saturated heterocycles. The minimum absolute atomic E-state index is 0.139. The number of rotatable bonds is 6. The van der Waals surface area contributed by atoms with Crippen molar-refractivity contribution in [2.45, 2.75) is 54.4 Å². The second-order valence-corrected chi connectivity index (χ2v) is 10.8. The fraction of sp³-hybridized carbons (Fsp3) is 0.583. The minimum atomic E-state index is -0.167. The molecule has 0 aromatic carbocycles. The predicted octanol–water partition coefficient (Wildman–Crippen LogP) is 2.03. The molecular weight excluding hydrogens is 470 g/mol. The normalized spacial score (nSPS) is 24.7. The van der Waals surface area contributed by atoms with Gasteiger partial charge in [-0.3, -0.25) is 4.79 Å². The van der Waals surface area contributed by atoms with Crippen molar-refractivity contribution in [3.05, 3.63) is 24.2 Å². The molecule has 0 bridgehead atoms. The number of hydrogen-bond donors (Lipinski definition) is 1. The van der Waals surface area contributed by atoms with E-state index in [9.17, 15) is 9.90 Å². The SMILES string of the molecule is O=COC1CC2COc3c(Sc4cnc(N5CCC6(CCOC6)CC5)c(CO)n4)ccnc3N2C1. The Bertz CT molecular complexity index is 1090. The third kappa shape index (κ3) is 4.30. The molecule has 35 heavy (non-hydrogen) atoms. The number of carbonyl (C=O) groups excluding carboxylic acids is 1. The number of fused-ring (bicyclic) bond motifs is 3. The van der Waals surface area contributed by atoms with E-state index in [1.54, 1.807) is 12.4 Å². The first-order valence-corrected chi connectivity index (χ1v) is 12.9. The molecule has 4 aliphatic heterocycles. The van der Waals surface area contributed by atoms with Gasteiger partial charge in [-0.25, -0.2) is 15.0 Å².